The third-order valence-corrected chi connectivity index (χ3v) is 11.8. The second-order valence-electron chi connectivity index (χ2n) is 10.1. The quantitative estimate of drug-likeness (QED) is 0.0291. The maximum atomic E-state index is 13.2. The molecule has 7 N–H and O–H groups in total. The van der Waals surface area contributed by atoms with Crippen LogP contribution in [0.1, 0.15) is 0 Å². The highest BCUT2D eigenvalue weighted by molar-refractivity contribution is 7.94. The fourth-order valence-corrected chi connectivity index (χ4v) is 8.58. The Kier molecular flexibility index (Phi) is 11.1. The first-order valence-corrected chi connectivity index (χ1v) is 20.1. The normalized spacial score (nSPS) is 13.1. The smallest absolute Gasteiger partial charge is 0.297 e. The van der Waals surface area contributed by atoms with Gasteiger partial charge in [-0.2, -0.15) is 29.6 Å². The Hall–Kier alpha value is -3.09. The highest BCUT2D eigenvalue weighted by Crippen LogP contribution is 2.32. The molecule has 0 heterocycles. The van der Waals surface area contributed by atoms with Gasteiger partial charge in [0.2, 0.25) is 0 Å². The molecule has 4 rings (SSSR count). The van der Waals surface area contributed by atoms with Gasteiger partial charge in [0.1, 0.15) is 9.79 Å². The zero-order valence-electron chi connectivity index (χ0n) is 24.1. The molecule has 0 aromatic heterocycles. The Morgan fingerprint density at radius 2 is 1.19 bits per heavy atom. The maximum Gasteiger partial charge on any atom is 0.297 e. The molecule has 0 unspecified atom stereocenters. The third kappa shape index (κ3) is 9.51. The van der Waals surface area contributed by atoms with E-state index in [2.05, 4.69) is 0 Å². The van der Waals surface area contributed by atoms with Gasteiger partial charge in [0, 0.05) is 35.3 Å². The highest BCUT2D eigenvalue weighted by atomic mass is 32.2. The first-order chi connectivity index (χ1) is 21.8. The first-order valence-electron chi connectivity index (χ1n) is 13.2. The van der Waals surface area contributed by atoms with Gasteiger partial charge in [0.15, 0.2) is 9.84 Å². The fraction of sp³-hybridized carbons (Fsp3) is 0.231. The van der Waals surface area contributed by atoms with E-state index in [4.69, 9.17) is 20.7 Å². The molecule has 0 saturated heterocycles. The second-order valence-corrected chi connectivity index (χ2v) is 17.3. The predicted molar refractivity (Wildman–Crippen MR) is 174 cm³/mol. The second kappa shape index (κ2) is 14.2. The van der Waals surface area contributed by atoms with Crippen molar-refractivity contribution in [2.24, 2.45) is 0 Å². The van der Waals surface area contributed by atoms with Crippen LogP contribution in [0.4, 0.5) is 11.4 Å². The van der Waals surface area contributed by atoms with Crippen LogP contribution in [0.3, 0.4) is 0 Å². The van der Waals surface area contributed by atoms with E-state index in [1.807, 2.05) is 0 Å². The summed E-state index contributed by atoms with van der Waals surface area (Å²) in [4.78, 5) is 5.91. The van der Waals surface area contributed by atoms with Crippen LogP contribution in [-0.2, 0) is 49.4 Å². The van der Waals surface area contributed by atoms with Crippen LogP contribution in [0, 0.1) is 0 Å². The van der Waals surface area contributed by atoms with E-state index in [-0.39, 0.29) is 58.7 Å². The van der Waals surface area contributed by atoms with Crippen LogP contribution >= 0.6 is 12.0 Å². The van der Waals surface area contributed by atoms with Crippen molar-refractivity contribution in [2.45, 2.75) is 19.6 Å². The Bertz CT molecular complexity index is 2260. The molecule has 0 bridgehead atoms. The zero-order chi connectivity index (χ0) is 34.8. The average molecular weight is 752 g/mol. The lowest BCUT2D eigenvalue weighted by atomic mass is 10.1. The minimum atomic E-state index is -4.70. The molecule has 16 nitrogen and oxygen atoms in total. The molecule has 0 amide bonds. The molecule has 256 valence electrons. The molecule has 0 spiro atoms. The number of nitrogens with zero attached hydrogens (tertiary/aromatic N) is 1. The van der Waals surface area contributed by atoms with Gasteiger partial charge < -0.3 is 11.5 Å². The van der Waals surface area contributed by atoms with E-state index in [1.165, 1.54) is 47.4 Å². The van der Waals surface area contributed by atoms with Crippen molar-refractivity contribution in [2.75, 3.05) is 49.2 Å². The largest absolute Gasteiger partial charge is 0.398 e. The molecule has 47 heavy (non-hydrogen) atoms. The number of hydrogen-bond acceptors (Lipinski definition) is 14. The molecule has 0 aliphatic carbocycles. The number of sulfone groups is 1. The van der Waals surface area contributed by atoms with E-state index >= 15 is 0 Å². The summed E-state index contributed by atoms with van der Waals surface area (Å²) >= 11 is 0.764. The topological polar surface area (TPSA) is 271 Å². The van der Waals surface area contributed by atoms with Crippen LogP contribution in [0.25, 0.3) is 21.5 Å². The summed E-state index contributed by atoms with van der Waals surface area (Å²) in [5.74, 6) is -1.18. The molecule has 4 aromatic rings. The standard InChI is InChI=1S/C26H29N3O13S5/c27-23-7-1-17-15-19(3-5-21(17)25(23)46(35,36)37)43-42-41-12-9-29(11-14-45(32,33)34)10-13-44(30,31)20-4-6-22-18(16-20)2-8-24(28)26(22)47(38,39)40/h1-8,15-16H,9-14,27-28H2,(H,32,33,34)(H,35,36,37)(H,38,39,40). The summed E-state index contributed by atoms with van der Waals surface area (Å²) in [6.45, 7) is -0.613. The molecule has 4 aromatic carbocycles. The number of fused-ring (bicyclic) bond motifs is 2. The Morgan fingerprint density at radius 3 is 1.74 bits per heavy atom. The van der Waals surface area contributed by atoms with Gasteiger partial charge in [0.25, 0.3) is 30.4 Å². The molecule has 0 aliphatic rings. The van der Waals surface area contributed by atoms with Crippen molar-refractivity contribution in [3.05, 3.63) is 60.7 Å². The van der Waals surface area contributed by atoms with Crippen molar-refractivity contribution in [1.82, 2.24) is 4.90 Å². The Balaban J connectivity index is 1.39. The fourth-order valence-electron chi connectivity index (χ4n) is 4.62. The summed E-state index contributed by atoms with van der Waals surface area (Å²) in [5.41, 5.74) is 11.1. The molecule has 0 fully saturated rings. The van der Waals surface area contributed by atoms with Crippen molar-refractivity contribution < 1.29 is 56.6 Å². The minimum Gasteiger partial charge on any atom is -0.398 e. The van der Waals surface area contributed by atoms with Crippen molar-refractivity contribution >= 4 is 85.2 Å². The molecular weight excluding hydrogens is 723 g/mol. The lowest BCUT2D eigenvalue weighted by Crippen LogP contribution is -2.36. The monoisotopic (exact) mass is 751 g/mol. The summed E-state index contributed by atoms with van der Waals surface area (Å²) < 4.78 is 129. The van der Waals surface area contributed by atoms with Gasteiger partial charge in [-0.25, -0.2) is 13.3 Å². The van der Waals surface area contributed by atoms with E-state index in [1.54, 1.807) is 12.1 Å². The number of nitrogens with two attached hydrogens (primary N) is 2. The minimum absolute atomic E-state index is 0.0188. The van der Waals surface area contributed by atoms with Gasteiger partial charge in [-0.05, 0) is 47.2 Å². The van der Waals surface area contributed by atoms with E-state index in [0.717, 1.165) is 18.1 Å². The number of rotatable bonds is 15. The van der Waals surface area contributed by atoms with Crippen molar-refractivity contribution in [3.8, 4) is 0 Å². The van der Waals surface area contributed by atoms with Crippen LogP contribution in [0.15, 0.2) is 80.2 Å². The Morgan fingerprint density at radius 1 is 0.660 bits per heavy atom. The Labute approximate surface area is 274 Å². The summed E-state index contributed by atoms with van der Waals surface area (Å²) in [7, 11) is -17.7. The van der Waals surface area contributed by atoms with Gasteiger partial charge >= 0.3 is 0 Å². The summed E-state index contributed by atoms with van der Waals surface area (Å²) in [6, 6.07) is 13.6. The van der Waals surface area contributed by atoms with E-state index in [0.29, 0.717) is 10.3 Å². The van der Waals surface area contributed by atoms with Gasteiger partial charge in [-0.1, -0.05) is 24.3 Å². The molecule has 0 saturated carbocycles. The number of benzene rings is 4. The molecule has 0 radical (unpaired) electrons. The molecule has 0 aliphatic heterocycles. The highest BCUT2D eigenvalue weighted by Gasteiger charge is 2.22. The van der Waals surface area contributed by atoms with Crippen molar-refractivity contribution in [1.29, 1.82) is 0 Å². The number of anilines is 2. The summed E-state index contributed by atoms with van der Waals surface area (Å²) in [5, 5.41) is 0.840. The van der Waals surface area contributed by atoms with Crippen LogP contribution in [0.2, 0.25) is 0 Å². The number of nitrogen functional groups attached to an aromatic ring is 2. The van der Waals surface area contributed by atoms with Crippen LogP contribution in [-0.4, -0.2) is 90.0 Å². The van der Waals surface area contributed by atoms with Crippen molar-refractivity contribution in [3.63, 3.8) is 0 Å². The van der Waals surface area contributed by atoms with E-state index in [9.17, 15) is 47.3 Å². The molecule has 21 heteroatoms. The predicted octanol–water partition coefficient (Wildman–Crippen LogP) is 2.27. The third-order valence-electron chi connectivity index (χ3n) is 6.83. The van der Waals surface area contributed by atoms with Gasteiger partial charge in [-0.15, -0.1) is 0 Å². The zero-order valence-corrected chi connectivity index (χ0v) is 28.2. The number of hydrogen-bond donors (Lipinski definition) is 5. The maximum absolute atomic E-state index is 13.2. The summed E-state index contributed by atoms with van der Waals surface area (Å²) in [6.07, 6.45) is 0. The molecule has 0 atom stereocenters. The van der Waals surface area contributed by atoms with Crippen LogP contribution in [0.5, 0.6) is 0 Å². The lowest BCUT2D eigenvalue weighted by molar-refractivity contribution is -0.193. The SMILES string of the molecule is Nc1ccc2cc(SOOCCN(CCS(=O)(=O)O)CCS(=O)(=O)c3ccc4c(S(=O)(=O)O)c(N)ccc4c3)ccc2c1S(=O)(=O)O. The average Bonchev–Trinajstić information content (AvgIpc) is 2.95. The van der Waals surface area contributed by atoms with E-state index < -0.39 is 61.5 Å². The van der Waals surface area contributed by atoms with Crippen LogP contribution < -0.4 is 11.5 Å². The van der Waals surface area contributed by atoms with Gasteiger partial charge in [0.05, 0.1) is 46.4 Å². The molecular formula is C26H29N3O13S5. The van der Waals surface area contributed by atoms with Gasteiger partial charge in [-0.3, -0.25) is 18.6 Å². The first kappa shape index (κ1) is 36.7. The lowest BCUT2D eigenvalue weighted by Gasteiger charge is -2.21.